The minimum atomic E-state index is 0.210. The van der Waals surface area contributed by atoms with E-state index in [1.807, 2.05) is 38.4 Å². The molecule has 1 aromatic carbocycles. The quantitative estimate of drug-likeness (QED) is 0.888. The lowest BCUT2D eigenvalue weighted by atomic mass is 10.1. The van der Waals surface area contributed by atoms with E-state index in [9.17, 15) is 0 Å². The molecule has 4 nitrogen and oxygen atoms in total. The molecule has 0 aliphatic carbocycles. The molecule has 0 aliphatic heterocycles. The zero-order valence-electron chi connectivity index (χ0n) is 12.1. The number of halogens is 1. The van der Waals surface area contributed by atoms with Gasteiger partial charge in [0.1, 0.15) is 0 Å². The van der Waals surface area contributed by atoms with Crippen molar-refractivity contribution in [3.05, 3.63) is 52.4 Å². The third-order valence-electron chi connectivity index (χ3n) is 3.39. The number of benzene rings is 1. The van der Waals surface area contributed by atoms with Crippen molar-refractivity contribution in [1.82, 2.24) is 15.4 Å². The molecule has 0 amide bonds. The Balaban J connectivity index is 2.03. The van der Waals surface area contributed by atoms with Crippen molar-refractivity contribution in [2.75, 3.05) is 14.1 Å². The summed E-state index contributed by atoms with van der Waals surface area (Å²) in [5.74, 6) is 0.858. The second-order valence-corrected chi connectivity index (χ2v) is 5.33. The first-order chi connectivity index (χ1) is 9.61. The van der Waals surface area contributed by atoms with Crippen LogP contribution in [-0.2, 0) is 13.1 Å². The van der Waals surface area contributed by atoms with E-state index >= 15 is 0 Å². The number of aromatic nitrogens is 1. The molecule has 0 bridgehead atoms. The van der Waals surface area contributed by atoms with Crippen molar-refractivity contribution < 1.29 is 4.52 Å². The molecule has 1 aromatic heterocycles. The maximum absolute atomic E-state index is 6.24. The Labute approximate surface area is 124 Å². The van der Waals surface area contributed by atoms with Gasteiger partial charge in [0.15, 0.2) is 5.76 Å². The first kappa shape index (κ1) is 15.0. The SMILES string of the molecule is CNCc1cc(CN(C)C(C)c2ccccc2Cl)on1. The Hall–Kier alpha value is -1.36. The van der Waals surface area contributed by atoms with Gasteiger partial charge >= 0.3 is 0 Å². The summed E-state index contributed by atoms with van der Waals surface area (Å²) in [5, 5.41) is 7.86. The zero-order valence-corrected chi connectivity index (χ0v) is 12.8. The summed E-state index contributed by atoms with van der Waals surface area (Å²) in [6.45, 7) is 3.54. The van der Waals surface area contributed by atoms with Gasteiger partial charge in [0, 0.05) is 23.7 Å². The first-order valence-corrected chi connectivity index (χ1v) is 7.03. The minimum Gasteiger partial charge on any atom is -0.360 e. The van der Waals surface area contributed by atoms with Gasteiger partial charge in [-0.3, -0.25) is 4.90 Å². The molecule has 2 rings (SSSR count). The predicted molar refractivity (Wildman–Crippen MR) is 80.6 cm³/mol. The highest BCUT2D eigenvalue weighted by Crippen LogP contribution is 2.27. The Morgan fingerprint density at radius 3 is 2.85 bits per heavy atom. The molecule has 0 spiro atoms. The highest BCUT2D eigenvalue weighted by atomic mass is 35.5. The minimum absolute atomic E-state index is 0.210. The molecule has 1 N–H and O–H groups in total. The fourth-order valence-corrected chi connectivity index (χ4v) is 2.42. The van der Waals surface area contributed by atoms with Crippen LogP contribution >= 0.6 is 11.6 Å². The summed E-state index contributed by atoms with van der Waals surface area (Å²) in [6, 6.07) is 10.1. The molecule has 0 fully saturated rings. The lowest BCUT2D eigenvalue weighted by Crippen LogP contribution is -2.21. The lowest BCUT2D eigenvalue weighted by Gasteiger charge is -2.24. The molecular formula is C15H20ClN3O. The summed E-state index contributed by atoms with van der Waals surface area (Å²) in [7, 11) is 3.94. The fourth-order valence-electron chi connectivity index (χ4n) is 2.13. The van der Waals surface area contributed by atoms with E-state index in [0.717, 1.165) is 22.0 Å². The molecular weight excluding hydrogens is 274 g/mol. The van der Waals surface area contributed by atoms with Gasteiger partial charge in [-0.1, -0.05) is 35.0 Å². The van der Waals surface area contributed by atoms with Crippen molar-refractivity contribution >= 4 is 11.6 Å². The van der Waals surface area contributed by atoms with Crippen molar-refractivity contribution in [3.8, 4) is 0 Å². The van der Waals surface area contributed by atoms with Crippen LogP contribution in [0, 0.1) is 0 Å². The van der Waals surface area contributed by atoms with Crippen LogP contribution in [0.15, 0.2) is 34.9 Å². The van der Waals surface area contributed by atoms with Crippen molar-refractivity contribution in [1.29, 1.82) is 0 Å². The summed E-state index contributed by atoms with van der Waals surface area (Å²) in [6.07, 6.45) is 0. The van der Waals surface area contributed by atoms with E-state index in [0.29, 0.717) is 13.1 Å². The third-order valence-corrected chi connectivity index (χ3v) is 3.73. The maximum atomic E-state index is 6.24. The second-order valence-electron chi connectivity index (χ2n) is 4.93. The van der Waals surface area contributed by atoms with Crippen LogP contribution in [0.4, 0.5) is 0 Å². The topological polar surface area (TPSA) is 41.3 Å². The lowest BCUT2D eigenvalue weighted by molar-refractivity contribution is 0.220. The number of hydrogen-bond acceptors (Lipinski definition) is 4. The van der Waals surface area contributed by atoms with E-state index in [-0.39, 0.29) is 6.04 Å². The molecule has 1 unspecified atom stereocenters. The van der Waals surface area contributed by atoms with Crippen LogP contribution in [0.25, 0.3) is 0 Å². The van der Waals surface area contributed by atoms with Gasteiger partial charge in [-0.25, -0.2) is 0 Å². The Morgan fingerprint density at radius 1 is 1.40 bits per heavy atom. The summed E-state index contributed by atoms with van der Waals surface area (Å²) < 4.78 is 5.34. The van der Waals surface area contributed by atoms with E-state index in [4.69, 9.17) is 16.1 Å². The van der Waals surface area contributed by atoms with Crippen LogP contribution in [0.5, 0.6) is 0 Å². The molecule has 0 aliphatic rings. The van der Waals surface area contributed by atoms with Crippen LogP contribution in [0.1, 0.15) is 30.0 Å². The molecule has 2 aromatic rings. The molecule has 20 heavy (non-hydrogen) atoms. The van der Waals surface area contributed by atoms with Gasteiger partial charge in [-0.15, -0.1) is 0 Å². The monoisotopic (exact) mass is 293 g/mol. The van der Waals surface area contributed by atoms with Gasteiger partial charge in [0.2, 0.25) is 0 Å². The number of nitrogens with one attached hydrogen (secondary N) is 1. The first-order valence-electron chi connectivity index (χ1n) is 6.65. The Morgan fingerprint density at radius 2 is 2.15 bits per heavy atom. The van der Waals surface area contributed by atoms with Crippen LogP contribution in [0.2, 0.25) is 5.02 Å². The summed E-state index contributed by atoms with van der Waals surface area (Å²) >= 11 is 6.24. The second kappa shape index (κ2) is 6.88. The fraction of sp³-hybridized carbons (Fsp3) is 0.400. The van der Waals surface area contributed by atoms with Gasteiger partial charge in [0.25, 0.3) is 0 Å². The van der Waals surface area contributed by atoms with E-state index in [2.05, 4.69) is 28.4 Å². The largest absolute Gasteiger partial charge is 0.360 e. The van der Waals surface area contributed by atoms with E-state index < -0.39 is 0 Å². The van der Waals surface area contributed by atoms with Crippen LogP contribution < -0.4 is 5.32 Å². The predicted octanol–water partition coefficient (Wildman–Crippen LogP) is 3.24. The average Bonchev–Trinajstić information content (AvgIpc) is 2.86. The van der Waals surface area contributed by atoms with Crippen LogP contribution in [0.3, 0.4) is 0 Å². The van der Waals surface area contributed by atoms with Gasteiger partial charge in [-0.2, -0.15) is 0 Å². The third kappa shape index (κ3) is 3.60. The van der Waals surface area contributed by atoms with Crippen molar-refractivity contribution in [3.63, 3.8) is 0 Å². The standard InChI is InChI=1S/C15H20ClN3O/c1-11(14-6-4-5-7-15(14)16)19(3)10-13-8-12(9-17-2)18-20-13/h4-8,11,17H,9-10H2,1-3H3. The molecule has 5 heteroatoms. The van der Waals surface area contributed by atoms with Gasteiger partial charge in [0.05, 0.1) is 12.2 Å². The smallest absolute Gasteiger partial charge is 0.151 e. The highest BCUT2D eigenvalue weighted by molar-refractivity contribution is 6.31. The van der Waals surface area contributed by atoms with Gasteiger partial charge < -0.3 is 9.84 Å². The highest BCUT2D eigenvalue weighted by Gasteiger charge is 2.16. The summed E-state index contributed by atoms with van der Waals surface area (Å²) in [4.78, 5) is 2.19. The molecule has 0 saturated carbocycles. The normalized spacial score (nSPS) is 12.8. The maximum Gasteiger partial charge on any atom is 0.151 e. The zero-order chi connectivity index (χ0) is 14.5. The number of hydrogen-bond donors (Lipinski definition) is 1. The van der Waals surface area contributed by atoms with E-state index in [1.165, 1.54) is 0 Å². The van der Waals surface area contributed by atoms with Crippen LogP contribution in [-0.4, -0.2) is 24.2 Å². The number of rotatable bonds is 6. The molecule has 108 valence electrons. The van der Waals surface area contributed by atoms with Crippen molar-refractivity contribution in [2.45, 2.75) is 26.1 Å². The summed E-state index contributed by atoms with van der Waals surface area (Å²) in [5.41, 5.74) is 2.04. The number of nitrogens with zero attached hydrogens (tertiary/aromatic N) is 2. The molecule has 1 heterocycles. The van der Waals surface area contributed by atoms with Crippen molar-refractivity contribution in [2.24, 2.45) is 0 Å². The molecule has 1 atom stereocenters. The molecule has 0 saturated heterocycles. The average molecular weight is 294 g/mol. The van der Waals surface area contributed by atoms with E-state index in [1.54, 1.807) is 0 Å². The van der Waals surface area contributed by atoms with Gasteiger partial charge in [-0.05, 0) is 32.6 Å². The molecule has 0 radical (unpaired) electrons. The Bertz CT molecular complexity index is 556. The Kier molecular flexibility index (Phi) is 5.17.